The van der Waals surface area contributed by atoms with E-state index in [1.54, 1.807) is 10.6 Å². The third-order valence-corrected chi connectivity index (χ3v) is 3.71. The Morgan fingerprint density at radius 2 is 1.68 bits per heavy atom. The van der Waals surface area contributed by atoms with Crippen molar-refractivity contribution in [3.8, 4) is 0 Å². The molecule has 1 unspecified atom stereocenters. The summed E-state index contributed by atoms with van der Waals surface area (Å²) in [4.78, 5) is 1.60. The fraction of sp³-hybridized carbons (Fsp3) is 0.714. The van der Waals surface area contributed by atoms with Gasteiger partial charge in [-0.3, -0.25) is 4.90 Å². The van der Waals surface area contributed by atoms with Crippen molar-refractivity contribution in [1.82, 2.24) is 0 Å². The molecule has 0 saturated carbocycles. The molecule has 0 aromatic carbocycles. The first-order valence-electron chi connectivity index (χ1n) is 7.39. The highest BCUT2D eigenvalue weighted by atomic mass is 32.2. The van der Waals surface area contributed by atoms with Crippen molar-refractivity contribution in [2.75, 3.05) is 6.54 Å². The number of allylic oxidation sites excluding steroid dienone is 3. The summed E-state index contributed by atoms with van der Waals surface area (Å²) < 4.78 is 58.9. The second kappa shape index (κ2) is 10.0. The van der Waals surface area contributed by atoms with Crippen LogP contribution in [0.2, 0.25) is 0 Å². The second-order valence-corrected chi connectivity index (χ2v) is 6.41. The van der Waals surface area contributed by atoms with Gasteiger partial charge in [0, 0.05) is 12.5 Å². The molecule has 8 heteroatoms. The molecule has 1 N–H and O–H groups in total. The van der Waals surface area contributed by atoms with Crippen LogP contribution in [0.4, 0.5) is 13.2 Å². The van der Waals surface area contributed by atoms with E-state index in [1.807, 2.05) is 0 Å². The molecule has 1 atom stereocenters. The van der Waals surface area contributed by atoms with E-state index in [1.165, 1.54) is 45.1 Å². The smallest absolute Gasteiger partial charge is 0.485 e. The summed E-state index contributed by atoms with van der Waals surface area (Å²) in [5.74, 6) is 0. The van der Waals surface area contributed by atoms with Gasteiger partial charge >= 0.3 is 5.51 Å². The molecule has 0 aromatic rings. The maximum atomic E-state index is 10.7. The van der Waals surface area contributed by atoms with Crippen molar-refractivity contribution >= 4 is 10.1 Å². The molecule has 1 rings (SSSR count). The topological polar surface area (TPSA) is 61.6 Å². The third kappa shape index (κ3) is 8.55. The first-order valence-corrected chi connectivity index (χ1v) is 8.79. The molecule has 130 valence electrons. The van der Waals surface area contributed by atoms with Gasteiger partial charge in [0.15, 0.2) is 10.1 Å². The van der Waals surface area contributed by atoms with Gasteiger partial charge in [-0.25, -0.2) is 8.42 Å². The fourth-order valence-corrected chi connectivity index (χ4v) is 1.91. The number of hydrogen-bond acceptors (Lipinski definition) is 3. The van der Waals surface area contributed by atoms with Gasteiger partial charge in [0.05, 0.1) is 12.7 Å². The molecule has 0 saturated heterocycles. The highest BCUT2D eigenvalue weighted by molar-refractivity contribution is 7.86. The summed E-state index contributed by atoms with van der Waals surface area (Å²) in [7, 11) is -6.09. The first kappa shape index (κ1) is 21.1. The number of hydrogen-bond donors (Lipinski definition) is 1. The molecular formula is C14H24F3NO3S. The molecule has 0 bridgehead atoms. The van der Waals surface area contributed by atoms with E-state index in [-0.39, 0.29) is 0 Å². The van der Waals surface area contributed by atoms with E-state index >= 15 is 0 Å². The van der Waals surface area contributed by atoms with Crippen molar-refractivity contribution in [2.24, 2.45) is 0 Å². The Labute approximate surface area is 130 Å². The molecule has 0 aromatic heterocycles. The quantitative estimate of drug-likeness (QED) is 0.439. The highest BCUT2D eigenvalue weighted by Crippen LogP contribution is 2.20. The standard InChI is InChI=1S/C13H23N.CHF3O3S/c1-3-5-7-11-14-12-8-10-13(14)9-6-4-2;2-1(3,4)8(5,6)7/h8,10,12H,3-7,9,11H2,1-2H3;(H,5,6,7). The van der Waals surface area contributed by atoms with Gasteiger partial charge in [-0.1, -0.05) is 26.7 Å². The average Bonchev–Trinajstić information content (AvgIpc) is 2.82. The average molecular weight is 343 g/mol. The molecule has 1 aliphatic rings. The first-order chi connectivity index (χ1) is 10.1. The number of halogens is 3. The van der Waals surface area contributed by atoms with E-state index in [9.17, 15) is 13.2 Å². The Hall–Kier alpha value is -0.860. The highest BCUT2D eigenvalue weighted by Gasteiger charge is 2.36. The molecule has 22 heavy (non-hydrogen) atoms. The Balaban J connectivity index is 0.000000472. The van der Waals surface area contributed by atoms with Gasteiger partial charge in [0.2, 0.25) is 0 Å². The number of unbranched alkanes of at least 4 members (excludes halogenated alkanes) is 3. The maximum absolute atomic E-state index is 10.7. The number of alkyl halides is 3. The molecule has 0 fully saturated rings. The molecule has 0 aliphatic carbocycles. The van der Waals surface area contributed by atoms with Crippen LogP contribution in [0.15, 0.2) is 24.0 Å². The van der Waals surface area contributed by atoms with E-state index in [0.717, 1.165) is 0 Å². The summed E-state index contributed by atoms with van der Waals surface area (Å²) in [6.45, 7) is 5.82. The Bertz CT molecular complexity index is 470. The minimum Gasteiger partial charge on any atom is -0.741 e. The van der Waals surface area contributed by atoms with E-state index in [2.05, 4.69) is 32.2 Å². The molecule has 4 nitrogen and oxygen atoms in total. The summed E-state index contributed by atoms with van der Waals surface area (Å²) in [6.07, 6.45) is 14.8. The number of nitrogens with one attached hydrogen (secondary N) is 1. The monoisotopic (exact) mass is 343 g/mol. The molecule has 0 radical (unpaired) electrons. The largest absolute Gasteiger partial charge is 0.741 e. The van der Waals surface area contributed by atoms with Gasteiger partial charge in [0.25, 0.3) is 0 Å². The zero-order valence-corrected chi connectivity index (χ0v) is 13.8. The van der Waals surface area contributed by atoms with Crippen LogP contribution in [-0.2, 0) is 10.1 Å². The fourth-order valence-electron chi connectivity index (χ4n) is 1.91. The van der Waals surface area contributed by atoms with Crippen LogP contribution in [0.1, 0.15) is 52.4 Å². The lowest BCUT2D eigenvalue weighted by Crippen LogP contribution is -3.04. The second-order valence-electron chi connectivity index (χ2n) is 5.04. The normalized spacial score (nSPS) is 17.9. The van der Waals surface area contributed by atoms with Crippen LogP contribution < -0.4 is 4.90 Å². The Morgan fingerprint density at radius 3 is 2.14 bits per heavy atom. The SMILES string of the molecule is CCCCC[NH+]1C=CC=C1CCCC.O=S(=O)([O-])C(F)(F)F. The van der Waals surface area contributed by atoms with Crippen molar-refractivity contribution < 1.29 is 31.0 Å². The summed E-state index contributed by atoms with van der Waals surface area (Å²) >= 11 is 0. The maximum Gasteiger partial charge on any atom is 0.485 e. The molecular weight excluding hydrogens is 319 g/mol. The lowest BCUT2D eigenvalue weighted by Gasteiger charge is -2.13. The van der Waals surface area contributed by atoms with E-state index < -0.39 is 15.6 Å². The van der Waals surface area contributed by atoms with Gasteiger partial charge in [-0.2, -0.15) is 13.2 Å². The van der Waals surface area contributed by atoms with Crippen LogP contribution >= 0.6 is 0 Å². The minimum absolute atomic E-state index is 1.28. The number of quaternary nitrogens is 1. The van der Waals surface area contributed by atoms with Crippen molar-refractivity contribution in [2.45, 2.75) is 57.9 Å². The van der Waals surface area contributed by atoms with Gasteiger partial charge in [0.1, 0.15) is 5.70 Å². The Kier molecular flexibility index (Phi) is 9.63. The van der Waals surface area contributed by atoms with Crippen LogP contribution in [-0.4, -0.2) is 25.0 Å². The van der Waals surface area contributed by atoms with Crippen molar-refractivity contribution in [1.29, 1.82) is 0 Å². The van der Waals surface area contributed by atoms with Crippen LogP contribution in [0.3, 0.4) is 0 Å². The predicted octanol–water partition coefficient (Wildman–Crippen LogP) is 2.71. The Morgan fingerprint density at radius 1 is 1.14 bits per heavy atom. The summed E-state index contributed by atoms with van der Waals surface area (Å²) in [5, 5.41) is 0. The third-order valence-electron chi connectivity index (χ3n) is 3.14. The molecule has 1 heterocycles. The zero-order valence-electron chi connectivity index (χ0n) is 12.9. The van der Waals surface area contributed by atoms with Crippen LogP contribution in [0.5, 0.6) is 0 Å². The van der Waals surface area contributed by atoms with E-state index in [0.29, 0.717) is 0 Å². The minimum atomic E-state index is -6.09. The molecule has 1 aliphatic heterocycles. The molecule has 0 spiro atoms. The van der Waals surface area contributed by atoms with Gasteiger partial charge < -0.3 is 4.55 Å². The zero-order chi connectivity index (χ0) is 17.2. The summed E-state index contributed by atoms with van der Waals surface area (Å²) in [6, 6.07) is 0. The lowest BCUT2D eigenvalue weighted by atomic mass is 10.2. The summed E-state index contributed by atoms with van der Waals surface area (Å²) in [5.41, 5.74) is -4.05. The van der Waals surface area contributed by atoms with Gasteiger partial charge in [-0.05, 0) is 25.3 Å². The predicted molar refractivity (Wildman–Crippen MR) is 77.9 cm³/mol. The number of rotatable bonds is 7. The van der Waals surface area contributed by atoms with Crippen molar-refractivity contribution in [3.63, 3.8) is 0 Å². The lowest BCUT2D eigenvalue weighted by molar-refractivity contribution is -0.804. The van der Waals surface area contributed by atoms with E-state index in [4.69, 9.17) is 13.0 Å². The van der Waals surface area contributed by atoms with Crippen LogP contribution in [0.25, 0.3) is 0 Å². The van der Waals surface area contributed by atoms with Gasteiger partial charge in [-0.15, -0.1) is 0 Å². The van der Waals surface area contributed by atoms with Crippen LogP contribution in [0, 0.1) is 0 Å². The molecule has 0 amide bonds. The van der Waals surface area contributed by atoms with Crippen molar-refractivity contribution in [3.05, 3.63) is 24.0 Å².